The molecule has 1 aromatic heterocycles. The molecular weight excluding hydrogens is 246 g/mol. The van der Waals surface area contributed by atoms with Crippen LogP contribution in [0.4, 0.5) is 5.95 Å². The molecule has 0 aromatic carbocycles. The fourth-order valence-corrected chi connectivity index (χ4v) is 1.64. The van der Waals surface area contributed by atoms with E-state index in [1.54, 1.807) is 13.2 Å². The van der Waals surface area contributed by atoms with E-state index in [1.807, 2.05) is 20.8 Å². The molecule has 0 bridgehead atoms. The van der Waals surface area contributed by atoms with Crippen molar-refractivity contribution in [2.75, 3.05) is 25.6 Å². The zero-order valence-corrected chi connectivity index (χ0v) is 12.0. The summed E-state index contributed by atoms with van der Waals surface area (Å²) in [6.07, 6.45) is 0.639. The Kier molecular flexibility index (Phi) is 6.52. The summed E-state index contributed by atoms with van der Waals surface area (Å²) in [6, 6.07) is 1.77. The van der Waals surface area contributed by atoms with Crippen LogP contribution in [0.15, 0.2) is 6.07 Å². The van der Waals surface area contributed by atoms with Gasteiger partial charge in [-0.25, -0.2) is 4.98 Å². The van der Waals surface area contributed by atoms with Crippen molar-refractivity contribution in [3.05, 3.63) is 11.8 Å². The fraction of sp³-hybridized carbons (Fsp3) is 0.692. The second kappa shape index (κ2) is 7.91. The van der Waals surface area contributed by atoms with Crippen LogP contribution in [0.5, 0.6) is 5.88 Å². The first kappa shape index (κ1) is 15.7. The van der Waals surface area contributed by atoms with Crippen molar-refractivity contribution < 1.29 is 14.6 Å². The third-order valence-corrected chi connectivity index (χ3v) is 2.37. The zero-order chi connectivity index (χ0) is 14.3. The molecule has 0 saturated carbocycles. The van der Waals surface area contributed by atoms with Gasteiger partial charge in [-0.2, -0.15) is 4.98 Å². The Morgan fingerprint density at radius 2 is 2.11 bits per heavy atom. The molecule has 1 rings (SSSR count). The highest BCUT2D eigenvalue weighted by Gasteiger charge is 2.11. The second-order valence-corrected chi connectivity index (χ2v) is 4.65. The van der Waals surface area contributed by atoms with Crippen molar-refractivity contribution in [3.8, 4) is 5.88 Å². The Morgan fingerprint density at radius 1 is 1.37 bits per heavy atom. The molecule has 0 saturated heterocycles. The van der Waals surface area contributed by atoms with Gasteiger partial charge in [-0.15, -0.1) is 0 Å². The smallest absolute Gasteiger partial charge is 0.226 e. The van der Waals surface area contributed by atoms with Gasteiger partial charge >= 0.3 is 0 Å². The first-order valence-corrected chi connectivity index (χ1v) is 6.43. The van der Waals surface area contributed by atoms with Crippen molar-refractivity contribution in [2.24, 2.45) is 0 Å². The van der Waals surface area contributed by atoms with Gasteiger partial charge in [0, 0.05) is 25.5 Å². The van der Waals surface area contributed by atoms with Gasteiger partial charge < -0.3 is 19.9 Å². The lowest BCUT2D eigenvalue weighted by Gasteiger charge is -2.18. The van der Waals surface area contributed by atoms with Gasteiger partial charge in [-0.05, 0) is 27.2 Å². The van der Waals surface area contributed by atoms with Gasteiger partial charge in [0.25, 0.3) is 0 Å². The number of anilines is 1. The summed E-state index contributed by atoms with van der Waals surface area (Å²) >= 11 is 0. The molecule has 1 unspecified atom stereocenters. The van der Waals surface area contributed by atoms with E-state index >= 15 is 0 Å². The molecule has 6 nitrogen and oxygen atoms in total. The van der Waals surface area contributed by atoms with Crippen LogP contribution in [0.3, 0.4) is 0 Å². The highest BCUT2D eigenvalue weighted by atomic mass is 16.5. The third kappa shape index (κ3) is 5.85. The summed E-state index contributed by atoms with van der Waals surface area (Å²) in [7, 11) is 1.62. The fourth-order valence-electron chi connectivity index (χ4n) is 1.64. The van der Waals surface area contributed by atoms with Crippen LogP contribution in [0.2, 0.25) is 0 Å². The lowest BCUT2D eigenvalue weighted by Crippen LogP contribution is -2.27. The molecule has 6 heteroatoms. The Labute approximate surface area is 114 Å². The summed E-state index contributed by atoms with van der Waals surface area (Å²) in [6.45, 7) is 6.35. The molecule has 1 aromatic rings. The van der Waals surface area contributed by atoms with Gasteiger partial charge in [0.1, 0.15) is 0 Å². The van der Waals surface area contributed by atoms with Crippen molar-refractivity contribution in [2.45, 2.75) is 39.3 Å². The summed E-state index contributed by atoms with van der Waals surface area (Å²) in [4.78, 5) is 8.60. The Balaban J connectivity index is 2.77. The monoisotopic (exact) mass is 269 g/mol. The van der Waals surface area contributed by atoms with Crippen LogP contribution in [-0.4, -0.2) is 47.5 Å². The topological polar surface area (TPSA) is 76.5 Å². The highest BCUT2D eigenvalue weighted by molar-refractivity contribution is 5.31. The predicted molar refractivity (Wildman–Crippen MR) is 73.5 cm³/mol. The first-order chi connectivity index (χ1) is 9.05. The Hall–Kier alpha value is -1.40. The van der Waals surface area contributed by atoms with Gasteiger partial charge in [-0.1, -0.05) is 0 Å². The molecule has 0 aliphatic rings. The molecule has 0 aliphatic heterocycles. The number of nitrogens with zero attached hydrogens (tertiary/aromatic N) is 2. The molecule has 0 fully saturated rings. The second-order valence-electron chi connectivity index (χ2n) is 4.65. The minimum Gasteiger partial charge on any atom is -0.475 e. The number of hydrogen-bond donors (Lipinski definition) is 2. The van der Waals surface area contributed by atoms with Crippen LogP contribution in [-0.2, 0) is 4.74 Å². The van der Waals surface area contributed by atoms with Crippen LogP contribution >= 0.6 is 0 Å². The normalized spacial score (nSPS) is 12.5. The summed E-state index contributed by atoms with van der Waals surface area (Å²) in [5.41, 5.74) is 0.827. The minimum atomic E-state index is -0.0244. The lowest BCUT2D eigenvalue weighted by atomic mass is 10.2. The molecular formula is C13H23N3O3. The van der Waals surface area contributed by atoms with E-state index in [1.165, 1.54) is 0 Å². The average molecular weight is 269 g/mol. The zero-order valence-electron chi connectivity index (χ0n) is 12.0. The lowest BCUT2D eigenvalue weighted by molar-refractivity contribution is 0.170. The van der Waals surface area contributed by atoms with Gasteiger partial charge in [-0.3, -0.25) is 0 Å². The van der Waals surface area contributed by atoms with E-state index in [0.29, 0.717) is 24.9 Å². The van der Waals surface area contributed by atoms with E-state index in [0.717, 1.165) is 5.69 Å². The SMILES string of the molecule is COCC(CCO)Nc1nc(C)cc(OC(C)C)n1. The van der Waals surface area contributed by atoms with Crippen molar-refractivity contribution in [3.63, 3.8) is 0 Å². The number of aliphatic hydroxyl groups excluding tert-OH is 1. The largest absolute Gasteiger partial charge is 0.475 e. The summed E-state index contributed by atoms with van der Waals surface area (Å²) < 4.78 is 10.7. The van der Waals surface area contributed by atoms with Crippen molar-refractivity contribution >= 4 is 5.95 Å². The highest BCUT2D eigenvalue weighted by Crippen LogP contribution is 2.14. The van der Waals surface area contributed by atoms with E-state index in [-0.39, 0.29) is 18.8 Å². The van der Waals surface area contributed by atoms with Crippen LogP contribution in [0, 0.1) is 6.92 Å². The van der Waals surface area contributed by atoms with Crippen molar-refractivity contribution in [1.29, 1.82) is 0 Å². The number of aryl methyl sites for hydroxylation is 1. The number of aliphatic hydroxyl groups is 1. The maximum atomic E-state index is 9.01. The summed E-state index contributed by atoms with van der Waals surface area (Å²) in [5.74, 6) is 1.04. The standard InChI is InChI=1S/C13H23N3O3/c1-9(2)19-12-7-10(3)14-13(16-12)15-11(5-6-17)8-18-4/h7,9,11,17H,5-6,8H2,1-4H3,(H,14,15,16). The van der Waals surface area contributed by atoms with E-state index in [9.17, 15) is 0 Å². The molecule has 19 heavy (non-hydrogen) atoms. The molecule has 0 aliphatic carbocycles. The third-order valence-electron chi connectivity index (χ3n) is 2.37. The number of hydrogen-bond acceptors (Lipinski definition) is 6. The average Bonchev–Trinajstić information content (AvgIpc) is 2.27. The molecule has 1 heterocycles. The molecule has 0 amide bonds. The number of aromatic nitrogens is 2. The molecule has 0 radical (unpaired) electrons. The molecule has 1 atom stereocenters. The number of ether oxygens (including phenoxy) is 2. The van der Waals surface area contributed by atoms with Crippen molar-refractivity contribution in [1.82, 2.24) is 9.97 Å². The maximum Gasteiger partial charge on any atom is 0.226 e. The maximum absolute atomic E-state index is 9.01. The number of rotatable bonds is 8. The van der Waals surface area contributed by atoms with Gasteiger partial charge in [0.15, 0.2) is 0 Å². The van der Waals surface area contributed by atoms with Gasteiger partial charge in [0.05, 0.1) is 18.8 Å². The van der Waals surface area contributed by atoms with Crippen LogP contribution < -0.4 is 10.1 Å². The van der Waals surface area contributed by atoms with Crippen LogP contribution in [0.25, 0.3) is 0 Å². The Bertz CT molecular complexity index is 379. The first-order valence-electron chi connectivity index (χ1n) is 6.43. The van der Waals surface area contributed by atoms with Crippen LogP contribution in [0.1, 0.15) is 26.0 Å². The predicted octanol–water partition coefficient (Wildman–Crippen LogP) is 1.38. The van der Waals surface area contributed by atoms with E-state index in [4.69, 9.17) is 14.6 Å². The van der Waals surface area contributed by atoms with Gasteiger partial charge in [0.2, 0.25) is 11.8 Å². The number of nitrogens with one attached hydrogen (secondary N) is 1. The molecule has 0 spiro atoms. The van der Waals surface area contributed by atoms with E-state index in [2.05, 4.69) is 15.3 Å². The van der Waals surface area contributed by atoms with E-state index < -0.39 is 0 Å². The summed E-state index contributed by atoms with van der Waals surface area (Å²) in [5, 5.41) is 12.2. The molecule has 2 N–H and O–H groups in total. The molecule has 108 valence electrons. The Morgan fingerprint density at radius 3 is 2.68 bits per heavy atom. The number of methoxy groups -OCH3 is 1. The minimum absolute atomic E-state index is 0.0244. The quantitative estimate of drug-likeness (QED) is 0.742.